The van der Waals surface area contributed by atoms with Crippen molar-refractivity contribution in [2.45, 2.75) is 56.9 Å². The van der Waals surface area contributed by atoms with Gasteiger partial charge in [-0.3, -0.25) is 15.8 Å². The summed E-state index contributed by atoms with van der Waals surface area (Å²) in [5.41, 5.74) is 7.55. The molecule has 1 saturated carbocycles. The van der Waals surface area contributed by atoms with Crippen molar-refractivity contribution in [3.8, 4) is 0 Å². The Balaban J connectivity index is 1.21. The van der Waals surface area contributed by atoms with Gasteiger partial charge in [0.15, 0.2) is 0 Å². The van der Waals surface area contributed by atoms with Gasteiger partial charge in [-0.25, -0.2) is 4.79 Å². The molecule has 4 rings (SSSR count). The van der Waals surface area contributed by atoms with Crippen LogP contribution in [0, 0.1) is 5.92 Å². The number of pyridine rings is 1. The van der Waals surface area contributed by atoms with E-state index in [1.807, 2.05) is 23.1 Å². The number of ether oxygens (including phenoxy) is 1. The molecule has 3 aliphatic rings. The van der Waals surface area contributed by atoms with Gasteiger partial charge in [-0.2, -0.15) is 0 Å². The minimum Gasteiger partial charge on any atom is -0.372 e. The molecule has 3 heterocycles. The molecule has 1 aromatic rings. The molecule has 0 radical (unpaired) electrons. The van der Waals surface area contributed by atoms with Crippen LogP contribution in [-0.4, -0.2) is 53.7 Å². The number of piperidine rings is 1. The number of likely N-dealkylation sites (tertiary alicyclic amines) is 1. The van der Waals surface area contributed by atoms with Crippen LogP contribution in [0.15, 0.2) is 24.4 Å². The van der Waals surface area contributed by atoms with Crippen molar-refractivity contribution in [2.24, 2.45) is 5.92 Å². The topological polar surface area (TPSA) is 78.5 Å². The van der Waals surface area contributed by atoms with E-state index in [0.717, 1.165) is 44.6 Å². The second kappa shape index (κ2) is 8.33. The highest BCUT2D eigenvalue weighted by Crippen LogP contribution is 2.27. The number of rotatable bonds is 4. The molecule has 0 bridgehead atoms. The number of urea groups is 1. The number of hydrogen-bond acceptors (Lipinski definition) is 5. The first kappa shape index (κ1) is 17.7. The second-order valence-electron chi connectivity index (χ2n) is 7.62. The molecule has 0 aromatic carbocycles. The molecule has 7 heteroatoms. The van der Waals surface area contributed by atoms with Crippen LogP contribution >= 0.6 is 0 Å². The predicted octanol–water partition coefficient (Wildman–Crippen LogP) is 1.42. The lowest BCUT2D eigenvalue weighted by atomic mass is 9.82. The average molecular weight is 359 g/mol. The molecule has 3 unspecified atom stereocenters. The number of carbonyl (C=O) groups is 1. The molecule has 2 aliphatic heterocycles. The van der Waals surface area contributed by atoms with Crippen molar-refractivity contribution < 1.29 is 9.53 Å². The normalized spacial score (nSPS) is 29.4. The zero-order valence-electron chi connectivity index (χ0n) is 15.2. The summed E-state index contributed by atoms with van der Waals surface area (Å²) < 4.78 is 5.96. The number of hydrazine groups is 1. The van der Waals surface area contributed by atoms with E-state index in [4.69, 9.17) is 4.74 Å². The molecule has 3 N–H and O–H groups in total. The minimum atomic E-state index is 0.0764. The standard InChI is InChI=1S/C19H29N5O2/c25-19(22-17-6-3-4-14-12-21-23-18(14)17)24-10-7-16(8-11-24)26-13-15-5-1-2-9-20-15/h1-2,5,9,14,16-18,21,23H,3-4,6-8,10-13H2,(H,22,25). The average Bonchev–Trinajstić information content (AvgIpc) is 3.17. The fraction of sp³-hybridized carbons (Fsp3) is 0.684. The van der Waals surface area contributed by atoms with Gasteiger partial charge in [0.05, 0.1) is 18.4 Å². The van der Waals surface area contributed by atoms with Crippen molar-refractivity contribution in [1.82, 2.24) is 26.1 Å². The largest absolute Gasteiger partial charge is 0.372 e. The zero-order chi connectivity index (χ0) is 17.8. The molecule has 1 aromatic heterocycles. The lowest BCUT2D eigenvalue weighted by Gasteiger charge is -2.37. The van der Waals surface area contributed by atoms with E-state index in [1.165, 1.54) is 12.8 Å². The van der Waals surface area contributed by atoms with Gasteiger partial charge in [0, 0.05) is 37.9 Å². The molecule has 2 saturated heterocycles. The maximum absolute atomic E-state index is 12.7. The first-order valence-electron chi connectivity index (χ1n) is 9.85. The van der Waals surface area contributed by atoms with E-state index >= 15 is 0 Å². The maximum atomic E-state index is 12.7. The smallest absolute Gasteiger partial charge is 0.317 e. The Labute approximate surface area is 154 Å². The van der Waals surface area contributed by atoms with E-state index in [-0.39, 0.29) is 18.2 Å². The number of nitrogens with one attached hydrogen (secondary N) is 3. The molecule has 3 atom stereocenters. The van der Waals surface area contributed by atoms with Crippen molar-refractivity contribution in [3.63, 3.8) is 0 Å². The van der Waals surface area contributed by atoms with E-state index in [0.29, 0.717) is 18.6 Å². The fourth-order valence-corrected chi connectivity index (χ4v) is 4.37. The number of amides is 2. The van der Waals surface area contributed by atoms with Crippen LogP contribution in [0.5, 0.6) is 0 Å². The Morgan fingerprint density at radius 1 is 1.27 bits per heavy atom. The molecule has 1 aliphatic carbocycles. The lowest BCUT2D eigenvalue weighted by molar-refractivity contribution is 0.00270. The van der Waals surface area contributed by atoms with Gasteiger partial charge in [-0.1, -0.05) is 12.5 Å². The summed E-state index contributed by atoms with van der Waals surface area (Å²) >= 11 is 0. The molecular formula is C19H29N5O2. The van der Waals surface area contributed by atoms with Crippen LogP contribution in [0.3, 0.4) is 0 Å². The molecular weight excluding hydrogens is 330 g/mol. The minimum absolute atomic E-state index is 0.0764. The van der Waals surface area contributed by atoms with Crippen LogP contribution in [0.1, 0.15) is 37.8 Å². The summed E-state index contributed by atoms with van der Waals surface area (Å²) in [5, 5.41) is 3.27. The summed E-state index contributed by atoms with van der Waals surface area (Å²) in [6, 6.07) is 6.54. The van der Waals surface area contributed by atoms with Gasteiger partial charge in [0.1, 0.15) is 0 Å². The monoisotopic (exact) mass is 359 g/mol. The van der Waals surface area contributed by atoms with Gasteiger partial charge >= 0.3 is 6.03 Å². The molecule has 142 valence electrons. The van der Waals surface area contributed by atoms with Crippen LogP contribution in [0.2, 0.25) is 0 Å². The van der Waals surface area contributed by atoms with Crippen molar-refractivity contribution in [3.05, 3.63) is 30.1 Å². The Hall–Kier alpha value is -1.70. The predicted molar refractivity (Wildman–Crippen MR) is 98.2 cm³/mol. The highest BCUT2D eigenvalue weighted by Gasteiger charge is 2.38. The number of hydrogen-bond donors (Lipinski definition) is 3. The molecule has 0 spiro atoms. The molecule has 26 heavy (non-hydrogen) atoms. The third-order valence-corrected chi connectivity index (χ3v) is 5.90. The summed E-state index contributed by atoms with van der Waals surface area (Å²) in [4.78, 5) is 18.9. The van der Waals surface area contributed by atoms with E-state index in [2.05, 4.69) is 21.2 Å². The number of fused-ring (bicyclic) bond motifs is 1. The Kier molecular flexibility index (Phi) is 5.67. The van der Waals surface area contributed by atoms with Crippen LogP contribution in [0.25, 0.3) is 0 Å². The Bertz CT molecular complexity index is 591. The van der Waals surface area contributed by atoms with Gasteiger partial charge < -0.3 is 15.0 Å². The van der Waals surface area contributed by atoms with E-state index in [1.54, 1.807) is 6.20 Å². The summed E-state index contributed by atoms with van der Waals surface area (Å²) in [7, 11) is 0. The Morgan fingerprint density at radius 3 is 2.96 bits per heavy atom. The van der Waals surface area contributed by atoms with E-state index < -0.39 is 0 Å². The lowest BCUT2D eigenvalue weighted by Crippen LogP contribution is -2.56. The molecule has 3 fully saturated rings. The first-order valence-corrected chi connectivity index (χ1v) is 9.85. The highest BCUT2D eigenvalue weighted by molar-refractivity contribution is 5.74. The van der Waals surface area contributed by atoms with E-state index in [9.17, 15) is 4.79 Å². The highest BCUT2D eigenvalue weighted by atomic mass is 16.5. The second-order valence-corrected chi connectivity index (χ2v) is 7.62. The summed E-state index contributed by atoms with van der Waals surface area (Å²) in [6.45, 7) is 3.06. The number of nitrogens with zero attached hydrogens (tertiary/aromatic N) is 2. The third kappa shape index (κ3) is 4.16. The number of carbonyl (C=O) groups excluding carboxylic acids is 1. The maximum Gasteiger partial charge on any atom is 0.317 e. The van der Waals surface area contributed by atoms with Gasteiger partial charge in [0.2, 0.25) is 0 Å². The van der Waals surface area contributed by atoms with Crippen LogP contribution < -0.4 is 16.2 Å². The first-order chi connectivity index (χ1) is 12.8. The SMILES string of the molecule is O=C(NC1CCCC2CNNC21)N1CCC(OCc2ccccn2)CC1. The number of aromatic nitrogens is 1. The van der Waals surface area contributed by atoms with Crippen molar-refractivity contribution in [2.75, 3.05) is 19.6 Å². The summed E-state index contributed by atoms with van der Waals surface area (Å²) in [6.07, 6.45) is 7.27. The Morgan fingerprint density at radius 2 is 2.15 bits per heavy atom. The van der Waals surface area contributed by atoms with Gasteiger partial charge in [-0.15, -0.1) is 0 Å². The van der Waals surface area contributed by atoms with Crippen LogP contribution in [-0.2, 0) is 11.3 Å². The van der Waals surface area contributed by atoms with Gasteiger partial charge in [0.25, 0.3) is 0 Å². The molecule has 2 amide bonds. The fourth-order valence-electron chi connectivity index (χ4n) is 4.37. The van der Waals surface area contributed by atoms with Crippen LogP contribution in [0.4, 0.5) is 4.79 Å². The third-order valence-electron chi connectivity index (χ3n) is 5.90. The van der Waals surface area contributed by atoms with Crippen molar-refractivity contribution >= 4 is 6.03 Å². The van der Waals surface area contributed by atoms with Gasteiger partial charge in [-0.05, 0) is 43.7 Å². The quantitative estimate of drug-likeness (QED) is 0.758. The van der Waals surface area contributed by atoms with Crippen molar-refractivity contribution in [1.29, 1.82) is 0 Å². The zero-order valence-corrected chi connectivity index (χ0v) is 15.2. The molecule has 7 nitrogen and oxygen atoms in total. The summed E-state index contributed by atoms with van der Waals surface area (Å²) in [5.74, 6) is 0.639.